The van der Waals surface area contributed by atoms with Crippen molar-refractivity contribution in [2.75, 3.05) is 19.8 Å². The van der Waals surface area contributed by atoms with Gasteiger partial charge in [-0.05, 0) is 6.42 Å². The molecule has 17 nitrogen and oxygen atoms in total. The number of carbonyl (C=O) groups is 3. The number of carbonyl (C=O) groups excluding carboxylic acids is 3. The standard InChI is InChI=1S/C26H44O17/c1-5-6-7-8-16(31)25(40-13(4)30,23(38)39-22(37)12(2)3)26(21(36)19(34)17(32)14(9-27)42-26)43-24(11-29)20(35)18(33)15(10-28)41-24/h12,14-21,27-29,31-36H,5-11H2,1-4H3/t14-,15-,16?,17-,18-,19+,20+,21-,24?,25?,26-/m1/s1. The van der Waals surface area contributed by atoms with Crippen LogP contribution >= 0.6 is 0 Å². The smallest absolute Gasteiger partial charge is 0.367 e. The molecule has 0 radical (unpaired) electrons. The van der Waals surface area contributed by atoms with Crippen molar-refractivity contribution in [2.24, 2.45) is 5.92 Å². The Balaban J connectivity index is 3.01. The summed E-state index contributed by atoms with van der Waals surface area (Å²) in [7, 11) is 0. The fourth-order valence-corrected chi connectivity index (χ4v) is 5.11. The van der Waals surface area contributed by atoms with Crippen LogP contribution in [0.5, 0.6) is 0 Å². The molecule has 2 aliphatic rings. The summed E-state index contributed by atoms with van der Waals surface area (Å²) in [6.07, 6.45) is -16.8. The van der Waals surface area contributed by atoms with Crippen LogP contribution in [0.4, 0.5) is 0 Å². The lowest BCUT2D eigenvalue weighted by Gasteiger charge is -2.57. The molecular weight excluding hydrogens is 584 g/mol. The third-order valence-corrected chi connectivity index (χ3v) is 7.52. The predicted molar refractivity (Wildman–Crippen MR) is 138 cm³/mol. The SMILES string of the molecule is CCCCCC(O)C(OC(C)=O)(C(=O)OC(=O)C(C)C)[C@@]1(OC2(CO)O[C@H](CO)[C@@H](O)[C@@H]2O)O[C@H](CO)[C@@H](O)[C@H](O)[C@H]1O. The lowest BCUT2D eigenvalue weighted by atomic mass is 9.75. The Kier molecular flexibility index (Phi) is 13.0. The van der Waals surface area contributed by atoms with Gasteiger partial charge in [-0.2, -0.15) is 0 Å². The van der Waals surface area contributed by atoms with E-state index in [1.165, 1.54) is 13.8 Å². The number of esters is 3. The number of hydrogen-bond donors (Lipinski definition) is 9. The van der Waals surface area contributed by atoms with Gasteiger partial charge in [0.1, 0.15) is 55.4 Å². The van der Waals surface area contributed by atoms with E-state index in [0.717, 1.165) is 6.92 Å². The highest BCUT2D eigenvalue weighted by atomic mass is 16.8. The minimum absolute atomic E-state index is 0.127. The average molecular weight is 629 g/mol. The maximum atomic E-state index is 14.0. The van der Waals surface area contributed by atoms with Crippen molar-refractivity contribution < 1.29 is 84.0 Å². The van der Waals surface area contributed by atoms with Gasteiger partial charge in [-0.15, -0.1) is 0 Å². The zero-order chi connectivity index (χ0) is 32.9. The maximum absolute atomic E-state index is 14.0. The molecule has 0 aromatic carbocycles. The van der Waals surface area contributed by atoms with Gasteiger partial charge >= 0.3 is 17.9 Å². The van der Waals surface area contributed by atoms with Crippen LogP contribution in [0.2, 0.25) is 0 Å². The highest BCUT2D eigenvalue weighted by Gasteiger charge is 2.77. The lowest BCUT2D eigenvalue weighted by Crippen LogP contribution is -2.82. The molecule has 2 fully saturated rings. The van der Waals surface area contributed by atoms with E-state index in [4.69, 9.17) is 23.7 Å². The number of aliphatic hydroxyl groups excluding tert-OH is 9. The lowest BCUT2D eigenvalue weighted by molar-refractivity contribution is -0.470. The Morgan fingerprint density at radius 1 is 0.884 bits per heavy atom. The number of ether oxygens (including phenoxy) is 5. The van der Waals surface area contributed by atoms with Crippen LogP contribution in [-0.4, -0.2) is 150 Å². The second kappa shape index (κ2) is 14.9. The molecule has 2 heterocycles. The summed E-state index contributed by atoms with van der Waals surface area (Å²) in [5.41, 5.74) is -3.52. The van der Waals surface area contributed by atoms with E-state index in [1.54, 1.807) is 6.92 Å². The molecule has 2 rings (SSSR count). The summed E-state index contributed by atoms with van der Waals surface area (Å²) in [5.74, 6) is -12.0. The first-order valence-corrected chi connectivity index (χ1v) is 14.0. The molecule has 0 aromatic rings. The quantitative estimate of drug-likeness (QED) is 0.0502. The zero-order valence-corrected chi connectivity index (χ0v) is 24.4. The molecule has 17 heteroatoms. The summed E-state index contributed by atoms with van der Waals surface area (Å²) < 4.78 is 27.2. The van der Waals surface area contributed by atoms with Gasteiger partial charge in [-0.25, -0.2) is 4.79 Å². The van der Waals surface area contributed by atoms with E-state index in [1.807, 2.05) is 0 Å². The van der Waals surface area contributed by atoms with Crippen molar-refractivity contribution in [3.8, 4) is 0 Å². The molecule has 9 N–H and O–H groups in total. The van der Waals surface area contributed by atoms with Crippen LogP contribution in [0.3, 0.4) is 0 Å². The molecule has 2 aliphatic heterocycles. The highest BCUT2D eigenvalue weighted by Crippen LogP contribution is 2.49. The van der Waals surface area contributed by atoms with Gasteiger partial charge in [0.15, 0.2) is 0 Å². The Labute approximate surface area is 247 Å². The van der Waals surface area contributed by atoms with Crippen LogP contribution < -0.4 is 0 Å². The summed E-state index contributed by atoms with van der Waals surface area (Å²) in [5, 5.41) is 95.9. The van der Waals surface area contributed by atoms with Crippen molar-refractivity contribution in [2.45, 2.75) is 119 Å². The fraction of sp³-hybridized carbons (Fsp3) is 0.885. The molecule has 2 saturated heterocycles. The van der Waals surface area contributed by atoms with Gasteiger partial charge in [0.25, 0.3) is 11.4 Å². The highest BCUT2D eigenvalue weighted by molar-refractivity contribution is 5.94. The average Bonchev–Trinajstić information content (AvgIpc) is 3.20. The van der Waals surface area contributed by atoms with Crippen LogP contribution in [0.15, 0.2) is 0 Å². The largest absolute Gasteiger partial charge is 0.438 e. The minimum atomic E-state index is -3.57. The van der Waals surface area contributed by atoms with E-state index in [0.29, 0.717) is 12.8 Å². The first-order valence-electron chi connectivity index (χ1n) is 14.0. The molecule has 0 aliphatic carbocycles. The first-order chi connectivity index (χ1) is 20.0. The van der Waals surface area contributed by atoms with Gasteiger partial charge in [0, 0.05) is 6.92 Å². The summed E-state index contributed by atoms with van der Waals surface area (Å²) >= 11 is 0. The van der Waals surface area contributed by atoms with Crippen molar-refractivity contribution in [1.82, 2.24) is 0 Å². The Morgan fingerprint density at radius 3 is 1.93 bits per heavy atom. The van der Waals surface area contributed by atoms with Gasteiger partial charge < -0.3 is 69.6 Å². The second-order valence-corrected chi connectivity index (χ2v) is 11.0. The van der Waals surface area contributed by atoms with Crippen LogP contribution in [-0.2, 0) is 38.1 Å². The number of unbranched alkanes of at least 4 members (excludes halogenated alkanes) is 2. The molecule has 0 saturated carbocycles. The Hall–Kier alpha value is -1.87. The van der Waals surface area contributed by atoms with Gasteiger partial charge in [-0.1, -0.05) is 40.0 Å². The van der Waals surface area contributed by atoms with E-state index in [2.05, 4.69) is 0 Å². The predicted octanol–water partition coefficient (Wildman–Crippen LogP) is -4.06. The summed E-state index contributed by atoms with van der Waals surface area (Å²) in [6, 6.07) is 0. The molecule has 43 heavy (non-hydrogen) atoms. The minimum Gasteiger partial charge on any atom is -0.438 e. The summed E-state index contributed by atoms with van der Waals surface area (Å²) in [6.45, 7) is 1.69. The van der Waals surface area contributed by atoms with Gasteiger partial charge in [0.05, 0.1) is 19.1 Å². The van der Waals surface area contributed by atoms with Crippen molar-refractivity contribution in [3.63, 3.8) is 0 Å². The Bertz CT molecular complexity index is 960. The van der Waals surface area contributed by atoms with E-state index >= 15 is 0 Å². The normalized spacial score (nSPS) is 36.7. The fourth-order valence-electron chi connectivity index (χ4n) is 5.11. The van der Waals surface area contributed by atoms with Crippen LogP contribution in [0.25, 0.3) is 0 Å². The molecule has 11 atom stereocenters. The van der Waals surface area contributed by atoms with Gasteiger partial charge in [-0.3, -0.25) is 9.59 Å². The monoisotopic (exact) mass is 628 g/mol. The summed E-state index contributed by atoms with van der Waals surface area (Å²) in [4.78, 5) is 39.3. The molecule has 0 spiro atoms. The van der Waals surface area contributed by atoms with E-state index in [9.17, 15) is 60.3 Å². The Morgan fingerprint density at radius 2 is 1.47 bits per heavy atom. The number of hydrogen-bond acceptors (Lipinski definition) is 17. The second-order valence-electron chi connectivity index (χ2n) is 11.0. The molecule has 0 amide bonds. The number of rotatable bonds is 14. The van der Waals surface area contributed by atoms with Gasteiger partial charge in [0.2, 0.25) is 5.79 Å². The van der Waals surface area contributed by atoms with Crippen molar-refractivity contribution in [3.05, 3.63) is 0 Å². The first kappa shape index (κ1) is 37.3. The molecule has 250 valence electrons. The number of aliphatic hydroxyl groups is 9. The zero-order valence-electron chi connectivity index (χ0n) is 24.4. The maximum Gasteiger partial charge on any atom is 0.367 e. The van der Waals surface area contributed by atoms with E-state index < -0.39 is 116 Å². The van der Waals surface area contributed by atoms with Crippen LogP contribution in [0.1, 0.15) is 53.4 Å². The third-order valence-electron chi connectivity index (χ3n) is 7.52. The van der Waals surface area contributed by atoms with Crippen LogP contribution in [0, 0.1) is 5.92 Å². The van der Waals surface area contributed by atoms with E-state index in [-0.39, 0.29) is 6.42 Å². The molecular formula is C26H44O17. The molecule has 0 bridgehead atoms. The van der Waals surface area contributed by atoms with Crippen molar-refractivity contribution >= 4 is 17.9 Å². The third kappa shape index (κ3) is 6.87. The molecule has 3 unspecified atom stereocenters. The molecule has 0 aromatic heterocycles. The topological polar surface area (TPSA) is 279 Å². The van der Waals surface area contributed by atoms with Crippen molar-refractivity contribution in [1.29, 1.82) is 0 Å².